The van der Waals surface area contributed by atoms with Crippen LogP contribution < -0.4 is 0 Å². The standard InChI is InChI=1S/C11H10F5NO2/c1-5-3-6(10(12)13)9(11(14,15)16)17-7(5)4-8(18)19-2/h3,10H,4H2,1-2H3. The molecular formula is C11H10F5NO2. The third-order valence-electron chi connectivity index (χ3n) is 2.39. The van der Waals surface area contributed by atoms with Crippen molar-refractivity contribution in [2.45, 2.75) is 25.9 Å². The lowest BCUT2D eigenvalue weighted by atomic mass is 10.1. The van der Waals surface area contributed by atoms with Crippen LogP contribution in [0.4, 0.5) is 22.0 Å². The molecule has 0 saturated carbocycles. The molecule has 106 valence electrons. The van der Waals surface area contributed by atoms with Crippen molar-refractivity contribution in [2.24, 2.45) is 0 Å². The van der Waals surface area contributed by atoms with Gasteiger partial charge in [0.25, 0.3) is 6.43 Å². The van der Waals surface area contributed by atoms with Crippen molar-refractivity contribution in [3.63, 3.8) is 0 Å². The van der Waals surface area contributed by atoms with Crippen molar-refractivity contribution in [1.82, 2.24) is 4.98 Å². The van der Waals surface area contributed by atoms with E-state index in [2.05, 4.69) is 9.72 Å². The number of rotatable bonds is 3. The number of alkyl halides is 5. The number of esters is 1. The number of hydrogen-bond donors (Lipinski definition) is 0. The van der Waals surface area contributed by atoms with E-state index in [0.29, 0.717) is 6.07 Å². The Kier molecular flexibility index (Phi) is 4.43. The summed E-state index contributed by atoms with van der Waals surface area (Å²) in [6, 6.07) is 0.693. The lowest BCUT2D eigenvalue weighted by Gasteiger charge is -2.14. The molecule has 0 aromatic carbocycles. The van der Waals surface area contributed by atoms with Crippen LogP contribution >= 0.6 is 0 Å². The average Bonchev–Trinajstić information content (AvgIpc) is 2.29. The summed E-state index contributed by atoms with van der Waals surface area (Å²) in [5, 5.41) is 0. The first-order valence-electron chi connectivity index (χ1n) is 5.09. The van der Waals surface area contributed by atoms with E-state index in [9.17, 15) is 26.7 Å². The van der Waals surface area contributed by atoms with Crippen LogP contribution in [0.1, 0.15) is 28.9 Å². The van der Waals surface area contributed by atoms with Gasteiger partial charge in [-0.3, -0.25) is 4.79 Å². The smallest absolute Gasteiger partial charge is 0.433 e. The van der Waals surface area contributed by atoms with Crippen LogP contribution in [0.2, 0.25) is 0 Å². The monoisotopic (exact) mass is 283 g/mol. The van der Waals surface area contributed by atoms with Crippen LogP contribution in [0.25, 0.3) is 0 Å². The Morgan fingerprint density at radius 1 is 1.42 bits per heavy atom. The number of halogens is 5. The second kappa shape index (κ2) is 5.50. The van der Waals surface area contributed by atoms with Gasteiger partial charge in [0, 0.05) is 5.56 Å². The van der Waals surface area contributed by atoms with Crippen LogP contribution in [-0.4, -0.2) is 18.1 Å². The zero-order valence-corrected chi connectivity index (χ0v) is 10.0. The Balaban J connectivity index is 3.34. The van der Waals surface area contributed by atoms with Gasteiger partial charge in [-0.05, 0) is 18.6 Å². The highest BCUT2D eigenvalue weighted by Gasteiger charge is 2.38. The molecule has 0 saturated heterocycles. The third-order valence-corrected chi connectivity index (χ3v) is 2.39. The molecule has 0 N–H and O–H groups in total. The van der Waals surface area contributed by atoms with Gasteiger partial charge in [-0.1, -0.05) is 0 Å². The Bertz CT molecular complexity index is 485. The second-order valence-corrected chi connectivity index (χ2v) is 3.74. The maximum Gasteiger partial charge on any atom is 0.433 e. The van der Waals surface area contributed by atoms with Crippen LogP contribution in [0.3, 0.4) is 0 Å². The molecule has 0 aliphatic rings. The molecule has 0 amide bonds. The molecule has 0 radical (unpaired) electrons. The van der Waals surface area contributed by atoms with Crippen molar-refractivity contribution >= 4 is 5.97 Å². The number of carbonyl (C=O) groups excluding carboxylic acids is 1. The van der Waals surface area contributed by atoms with Crippen molar-refractivity contribution in [3.8, 4) is 0 Å². The van der Waals surface area contributed by atoms with Gasteiger partial charge in [0.05, 0.1) is 19.2 Å². The number of methoxy groups -OCH3 is 1. The van der Waals surface area contributed by atoms with E-state index in [1.54, 1.807) is 0 Å². The van der Waals surface area contributed by atoms with Crippen LogP contribution in [0.5, 0.6) is 0 Å². The zero-order chi connectivity index (χ0) is 14.8. The van der Waals surface area contributed by atoms with Gasteiger partial charge in [0.1, 0.15) is 0 Å². The molecule has 0 atom stereocenters. The SMILES string of the molecule is COC(=O)Cc1nc(C(F)(F)F)c(C(F)F)cc1C. The van der Waals surface area contributed by atoms with Gasteiger partial charge in [-0.25, -0.2) is 13.8 Å². The van der Waals surface area contributed by atoms with Gasteiger partial charge in [0.15, 0.2) is 5.69 Å². The molecule has 0 aliphatic heterocycles. The first-order valence-corrected chi connectivity index (χ1v) is 5.09. The van der Waals surface area contributed by atoms with E-state index in [1.807, 2.05) is 0 Å². The van der Waals surface area contributed by atoms with Gasteiger partial charge in [0.2, 0.25) is 0 Å². The van der Waals surface area contributed by atoms with Crippen molar-refractivity contribution in [3.05, 3.63) is 28.6 Å². The quantitative estimate of drug-likeness (QED) is 0.632. The number of nitrogens with zero attached hydrogens (tertiary/aromatic N) is 1. The molecule has 1 aromatic rings. The fourth-order valence-electron chi connectivity index (χ4n) is 1.45. The summed E-state index contributed by atoms with van der Waals surface area (Å²) in [4.78, 5) is 14.2. The zero-order valence-electron chi connectivity index (χ0n) is 10.0. The van der Waals surface area contributed by atoms with Crippen LogP contribution in [-0.2, 0) is 22.1 Å². The van der Waals surface area contributed by atoms with Gasteiger partial charge in [-0.15, -0.1) is 0 Å². The predicted molar refractivity (Wildman–Crippen MR) is 54.7 cm³/mol. The summed E-state index contributed by atoms with van der Waals surface area (Å²) in [7, 11) is 1.07. The Morgan fingerprint density at radius 2 is 2.00 bits per heavy atom. The van der Waals surface area contributed by atoms with E-state index < -0.39 is 36.2 Å². The number of aryl methyl sites for hydroxylation is 1. The molecule has 0 spiro atoms. The normalized spacial score (nSPS) is 11.8. The third kappa shape index (κ3) is 3.62. The second-order valence-electron chi connectivity index (χ2n) is 3.74. The Labute approximate surface area is 105 Å². The molecule has 0 aliphatic carbocycles. The summed E-state index contributed by atoms with van der Waals surface area (Å²) in [5.74, 6) is -0.798. The Morgan fingerprint density at radius 3 is 2.42 bits per heavy atom. The molecule has 3 nitrogen and oxygen atoms in total. The first kappa shape index (κ1) is 15.3. The lowest BCUT2D eigenvalue weighted by Crippen LogP contribution is -2.17. The van der Waals surface area contributed by atoms with E-state index in [4.69, 9.17) is 0 Å². The molecule has 0 unspecified atom stereocenters. The highest BCUT2D eigenvalue weighted by molar-refractivity contribution is 5.72. The van der Waals surface area contributed by atoms with Gasteiger partial charge in [-0.2, -0.15) is 13.2 Å². The van der Waals surface area contributed by atoms with E-state index in [-0.39, 0.29) is 11.3 Å². The molecule has 1 rings (SSSR count). The lowest BCUT2D eigenvalue weighted by molar-refractivity contribution is -0.144. The largest absolute Gasteiger partial charge is 0.469 e. The Hall–Kier alpha value is -1.73. The molecule has 1 heterocycles. The first-order chi connectivity index (χ1) is 8.66. The van der Waals surface area contributed by atoms with Crippen molar-refractivity contribution < 1.29 is 31.5 Å². The number of hydrogen-bond acceptors (Lipinski definition) is 3. The highest BCUT2D eigenvalue weighted by Crippen LogP contribution is 2.36. The van der Waals surface area contributed by atoms with Crippen LogP contribution in [0.15, 0.2) is 6.07 Å². The van der Waals surface area contributed by atoms with Crippen molar-refractivity contribution in [1.29, 1.82) is 0 Å². The average molecular weight is 283 g/mol. The summed E-state index contributed by atoms with van der Waals surface area (Å²) in [5.41, 5.74) is -3.03. The molecule has 1 aromatic heterocycles. The molecule has 19 heavy (non-hydrogen) atoms. The molecule has 0 bridgehead atoms. The number of carbonyl (C=O) groups is 1. The minimum atomic E-state index is -5.01. The minimum absolute atomic E-state index is 0.0775. The summed E-state index contributed by atoms with van der Waals surface area (Å²) in [6.45, 7) is 1.30. The summed E-state index contributed by atoms with van der Waals surface area (Å²) >= 11 is 0. The summed E-state index contributed by atoms with van der Waals surface area (Å²) < 4.78 is 67.3. The molecule has 8 heteroatoms. The number of aromatic nitrogens is 1. The fraction of sp³-hybridized carbons (Fsp3) is 0.455. The summed E-state index contributed by atoms with van der Waals surface area (Å²) in [6.07, 6.45) is -8.81. The minimum Gasteiger partial charge on any atom is -0.469 e. The topological polar surface area (TPSA) is 39.2 Å². The highest BCUT2D eigenvalue weighted by atomic mass is 19.4. The predicted octanol–water partition coefficient (Wildman–Crippen LogP) is 3.06. The van der Waals surface area contributed by atoms with E-state index in [0.717, 1.165) is 7.11 Å². The molecular weight excluding hydrogens is 273 g/mol. The number of pyridine rings is 1. The van der Waals surface area contributed by atoms with Gasteiger partial charge < -0.3 is 4.74 Å². The van der Waals surface area contributed by atoms with E-state index in [1.165, 1.54) is 6.92 Å². The maximum atomic E-state index is 12.6. The molecule has 0 fully saturated rings. The van der Waals surface area contributed by atoms with E-state index >= 15 is 0 Å². The van der Waals surface area contributed by atoms with Gasteiger partial charge >= 0.3 is 12.1 Å². The van der Waals surface area contributed by atoms with Crippen LogP contribution in [0, 0.1) is 6.92 Å². The van der Waals surface area contributed by atoms with Crippen molar-refractivity contribution in [2.75, 3.05) is 7.11 Å². The fourth-order valence-corrected chi connectivity index (χ4v) is 1.45. The maximum absolute atomic E-state index is 12.6. The number of ether oxygens (including phenoxy) is 1.